The van der Waals surface area contributed by atoms with E-state index in [4.69, 9.17) is 4.74 Å². The number of carbonyl (C=O) groups excluding carboxylic acids is 1. The van der Waals surface area contributed by atoms with E-state index in [0.717, 1.165) is 50.4 Å². The molecular formula is C17H26N2O2S. The van der Waals surface area contributed by atoms with Crippen molar-refractivity contribution in [3.63, 3.8) is 0 Å². The highest BCUT2D eigenvalue weighted by Crippen LogP contribution is 2.16. The number of amides is 2. The van der Waals surface area contributed by atoms with Crippen molar-refractivity contribution in [2.45, 2.75) is 32.3 Å². The second kappa shape index (κ2) is 9.06. The molecule has 4 nitrogen and oxygen atoms in total. The summed E-state index contributed by atoms with van der Waals surface area (Å²) in [6.45, 7) is 4.30. The number of aryl methyl sites for hydroxylation is 1. The molecule has 0 unspecified atom stereocenters. The summed E-state index contributed by atoms with van der Waals surface area (Å²) in [5.41, 5.74) is 2.18. The first-order valence-corrected chi connectivity index (χ1v) is 9.37. The van der Waals surface area contributed by atoms with E-state index in [1.807, 2.05) is 35.7 Å². The monoisotopic (exact) mass is 322 g/mol. The lowest BCUT2D eigenvalue weighted by Gasteiger charge is -2.31. The highest BCUT2D eigenvalue weighted by atomic mass is 32.2. The van der Waals surface area contributed by atoms with Crippen LogP contribution < -0.4 is 5.32 Å². The molecular weight excluding hydrogens is 296 g/mol. The molecule has 1 saturated heterocycles. The van der Waals surface area contributed by atoms with Gasteiger partial charge in [0.25, 0.3) is 0 Å². The minimum absolute atomic E-state index is 0.00758. The summed E-state index contributed by atoms with van der Waals surface area (Å²) < 4.78 is 5.61. The van der Waals surface area contributed by atoms with Crippen LogP contribution in [0.4, 0.5) is 10.5 Å². The molecule has 0 spiro atoms. The average Bonchev–Trinajstić information content (AvgIpc) is 2.55. The van der Waals surface area contributed by atoms with Gasteiger partial charge in [-0.3, -0.25) is 0 Å². The van der Waals surface area contributed by atoms with E-state index in [1.54, 1.807) is 0 Å². The Morgan fingerprint density at radius 3 is 2.59 bits per heavy atom. The maximum atomic E-state index is 12.3. The van der Waals surface area contributed by atoms with Crippen LogP contribution in [-0.4, -0.2) is 48.7 Å². The van der Waals surface area contributed by atoms with Crippen LogP contribution in [0.3, 0.4) is 0 Å². The first kappa shape index (κ1) is 17.2. The van der Waals surface area contributed by atoms with Gasteiger partial charge in [-0.2, -0.15) is 11.8 Å². The van der Waals surface area contributed by atoms with E-state index in [1.165, 1.54) is 5.56 Å². The molecule has 0 bridgehead atoms. The van der Waals surface area contributed by atoms with Crippen LogP contribution in [0.25, 0.3) is 0 Å². The van der Waals surface area contributed by atoms with Crippen molar-refractivity contribution < 1.29 is 9.53 Å². The molecule has 0 atom stereocenters. The third kappa shape index (κ3) is 5.21. The quantitative estimate of drug-likeness (QED) is 0.869. The first-order chi connectivity index (χ1) is 10.7. The molecule has 5 heteroatoms. The Balaban J connectivity index is 1.79. The minimum Gasteiger partial charge on any atom is -0.378 e. The van der Waals surface area contributed by atoms with E-state index in [2.05, 4.69) is 23.7 Å². The Bertz CT molecular complexity index is 456. The summed E-state index contributed by atoms with van der Waals surface area (Å²) >= 11 is 1.85. The molecule has 1 N–H and O–H groups in total. The van der Waals surface area contributed by atoms with Crippen LogP contribution in [0.2, 0.25) is 0 Å². The number of hydrogen-bond donors (Lipinski definition) is 1. The zero-order valence-electron chi connectivity index (χ0n) is 13.5. The molecule has 2 amide bonds. The number of carbonyl (C=O) groups is 1. The molecule has 0 saturated carbocycles. The number of nitrogens with one attached hydrogen (secondary N) is 1. The molecule has 1 fully saturated rings. The summed E-state index contributed by atoms with van der Waals surface area (Å²) in [4.78, 5) is 14.1. The smallest absolute Gasteiger partial charge is 0.321 e. The Hall–Kier alpha value is -1.20. The van der Waals surface area contributed by atoms with E-state index in [-0.39, 0.29) is 6.03 Å². The highest BCUT2D eigenvalue weighted by Gasteiger charge is 2.22. The van der Waals surface area contributed by atoms with Crippen LogP contribution in [0.15, 0.2) is 24.3 Å². The Labute approximate surface area is 137 Å². The van der Waals surface area contributed by atoms with Crippen molar-refractivity contribution in [3.8, 4) is 0 Å². The number of rotatable bonds is 6. The zero-order valence-corrected chi connectivity index (χ0v) is 14.3. The molecule has 1 aliphatic heterocycles. The van der Waals surface area contributed by atoms with Gasteiger partial charge in [-0.05, 0) is 55.9 Å². The molecule has 0 aromatic heterocycles. The van der Waals surface area contributed by atoms with Gasteiger partial charge < -0.3 is 15.0 Å². The number of piperidine rings is 1. The van der Waals surface area contributed by atoms with Crippen molar-refractivity contribution in [1.82, 2.24) is 4.90 Å². The van der Waals surface area contributed by atoms with Gasteiger partial charge in [-0.1, -0.05) is 12.1 Å². The highest BCUT2D eigenvalue weighted by molar-refractivity contribution is 7.98. The zero-order chi connectivity index (χ0) is 15.8. The van der Waals surface area contributed by atoms with Crippen molar-refractivity contribution in [2.24, 2.45) is 0 Å². The standard InChI is InChI=1S/C17H26N2O2S/c1-3-21-16-8-11-19(12-9-16)17(20)18-15-6-4-14(5-7-15)10-13-22-2/h4-7,16H,3,8-13H2,1-2H3,(H,18,20). The lowest BCUT2D eigenvalue weighted by molar-refractivity contribution is 0.0232. The van der Waals surface area contributed by atoms with Crippen LogP contribution in [0, 0.1) is 0 Å². The largest absolute Gasteiger partial charge is 0.378 e. The molecule has 1 aromatic carbocycles. The first-order valence-electron chi connectivity index (χ1n) is 7.98. The lowest BCUT2D eigenvalue weighted by atomic mass is 10.1. The van der Waals surface area contributed by atoms with Crippen LogP contribution in [-0.2, 0) is 11.2 Å². The van der Waals surface area contributed by atoms with Gasteiger partial charge in [-0.15, -0.1) is 0 Å². The summed E-state index contributed by atoms with van der Waals surface area (Å²) in [6, 6.07) is 8.15. The molecule has 0 radical (unpaired) electrons. The summed E-state index contributed by atoms with van der Waals surface area (Å²) in [5.74, 6) is 1.13. The number of benzene rings is 1. The molecule has 2 rings (SSSR count). The van der Waals surface area contributed by atoms with Crippen molar-refractivity contribution in [1.29, 1.82) is 0 Å². The van der Waals surface area contributed by atoms with Crippen LogP contribution >= 0.6 is 11.8 Å². The third-order valence-electron chi connectivity index (χ3n) is 3.93. The van der Waals surface area contributed by atoms with Gasteiger partial charge >= 0.3 is 6.03 Å². The number of anilines is 1. The van der Waals surface area contributed by atoms with Gasteiger partial charge in [0.1, 0.15) is 0 Å². The number of nitrogens with zero attached hydrogens (tertiary/aromatic N) is 1. The van der Waals surface area contributed by atoms with Crippen molar-refractivity contribution >= 4 is 23.5 Å². The maximum Gasteiger partial charge on any atom is 0.321 e. The normalized spacial score (nSPS) is 15.8. The summed E-state index contributed by atoms with van der Waals surface area (Å²) in [5, 5.41) is 2.98. The number of likely N-dealkylation sites (tertiary alicyclic amines) is 1. The van der Waals surface area contributed by atoms with Crippen LogP contribution in [0.1, 0.15) is 25.3 Å². The minimum atomic E-state index is -0.00758. The van der Waals surface area contributed by atoms with Gasteiger partial charge in [0, 0.05) is 25.4 Å². The van der Waals surface area contributed by atoms with Gasteiger partial charge in [0.2, 0.25) is 0 Å². The fourth-order valence-electron chi connectivity index (χ4n) is 2.64. The summed E-state index contributed by atoms with van der Waals surface area (Å²) in [6.07, 6.45) is 5.35. The van der Waals surface area contributed by atoms with E-state index >= 15 is 0 Å². The molecule has 1 heterocycles. The van der Waals surface area contributed by atoms with Crippen LogP contribution in [0.5, 0.6) is 0 Å². The van der Waals surface area contributed by atoms with Crippen molar-refractivity contribution in [2.75, 3.05) is 37.0 Å². The lowest BCUT2D eigenvalue weighted by Crippen LogP contribution is -2.43. The van der Waals surface area contributed by atoms with Gasteiger partial charge in [0.05, 0.1) is 6.10 Å². The Morgan fingerprint density at radius 2 is 2.00 bits per heavy atom. The summed E-state index contributed by atoms with van der Waals surface area (Å²) in [7, 11) is 0. The third-order valence-corrected chi connectivity index (χ3v) is 4.54. The number of thioether (sulfide) groups is 1. The predicted octanol–water partition coefficient (Wildman–Crippen LogP) is 3.62. The fraction of sp³-hybridized carbons (Fsp3) is 0.588. The topological polar surface area (TPSA) is 41.6 Å². The Morgan fingerprint density at radius 1 is 1.32 bits per heavy atom. The molecule has 1 aromatic rings. The van der Waals surface area contributed by atoms with E-state index in [0.29, 0.717) is 6.10 Å². The SMILES string of the molecule is CCOC1CCN(C(=O)Nc2ccc(CCSC)cc2)CC1. The number of urea groups is 1. The molecule has 22 heavy (non-hydrogen) atoms. The fourth-order valence-corrected chi connectivity index (χ4v) is 3.08. The molecule has 0 aliphatic carbocycles. The second-order valence-electron chi connectivity index (χ2n) is 5.51. The predicted molar refractivity (Wildman–Crippen MR) is 93.8 cm³/mol. The second-order valence-corrected chi connectivity index (χ2v) is 6.50. The van der Waals surface area contributed by atoms with E-state index < -0.39 is 0 Å². The van der Waals surface area contributed by atoms with Gasteiger partial charge in [0.15, 0.2) is 0 Å². The maximum absolute atomic E-state index is 12.3. The Kier molecular flexibility index (Phi) is 7.06. The van der Waals surface area contributed by atoms with Crippen molar-refractivity contribution in [3.05, 3.63) is 29.8 Å². The van der Waals surface area contributed by atoms with Gasteiger partial charge in [-0.25, -0.2) is 4.79 Å². The van der Waals surface area contributed by atoms with E-state index in [9.17, 15) is 4.79 Å². The average molecular weight is 322 g/mol. The molecule has 1 aliphatic rings. The number of ether oxygens (including phenoxy) is 1. The number of hydrogen-bond acceptors (Lipinski definition) is 3. The molecule has 122 valence electrons.